The quantitative estimate of drug-likeness (QED) is 0.870. The van der Waals surface area contributed by atoms with E-state index in [9.17, 15) is 4.79 Å². The van der Waals surface area contributed by atoms with Crippen LogP contribution in [0.1, 0.15) is 50.4 Å². The summed E-state index contributed by atoms with van der Waals surface area (Å²) >= 11 is 1.72. The van der Waals surface area contributed by atoms with Gasteiger partial charge in [-0.2, -0.15) is 0 Å². The predicted molar refractivity (Wildman–Crippen MR) is 80.3 cm³/mol. The molecule has 1 aromatic heterocycles. The lowest BCUT2D eigenvalue weighted by atomic mass is 9.86. The molecule has 19 heavy (non-hydrogen) atoms. The van der Waals surface area contributed by atoms with E-state index in [1.165, 1.54) is 24.1 Å². The summed E-state index contributed by atoms with van der Waals surface area (Å²) in [7, 11) is 0. The largest absolute Gasteiger partial charge is 0.352 e. The first kappa shape index (κ1) is 14.5. The van der Waals surface area contributed by atoms with Crippen LogP contribution in [0.2, 0.25) is 0 Å². The summed E-state index contributed by atoms with van der Waals surface area (Å²) in [6, 6.07) is 4.76. The molecule has 0 unspecified atom stereocenters. The van der Waals surface area contributed by atoms with Crippen LogP contribution in [0.5, 0.6) is 0 Å². The van der Waals surface area contributed by atoms with E-state index in [1.807, 2.05) is 6.07 Å². The number of hydrogen-bond acceptors (Lipinski definition) is 3. The second kappa shape index (κ2) is 7.06. The Balaban J connectivity index is 1.72. The van der Waals surface area contributed by atoms with Crippen LogP contribution >= 0.6 is 11.3 Å². The maximum atomic E-state index is 12.0. The molecule has 1 fully saturated rings. The molecule has 1 aliphatic rings. The summed E-state index contributed by atoms with van der Waals surface area (Å²) in [5.74, 6) is 0.745. The fraction of sp³-hybridized carbons (Fsp3) is 0.667. The number of nitrogens with one attached hydrogen (secondary N) is 2. The van der Waals surface area contributed by atoms with Crippen LogP contribution in [0.3, 0.4) is 0 Å². The highest BCUT2D eigenvalue weighted by atomic mass is 32.1. The molecular weight excluding hydrogens is 256 g/mol. The SMILES string of the molecule is C[C@H](NCC(=O)N[C@@H]1CCCC[C@H]1C)c1cccs1. The van der Waals surface area contributed by atoms with Crippen molar-refractivity contribution in [3.63, 3.8) is 0 Å². The highest BCUT2D eigenvalue weighted by molar-refractivity contribution is 7.10. The molecule has 0 aliphatic heterocycles. The summed E-state index contributed by atoms with van der Waals surface area (Å²) in [4.78, 5) is 13.2. The van der Waals surface area contributed by atoms with Gasteiger partial charge in [0.15, 0.2) is 0 Å². The van der Waals surface area contributed by atoms with Gasteiger partial charge in [-0.3, -0.25) is 4.79 Å². The number of amides is 1. The Hall–Kier alpha value is -0.870. The maximum Gasteiger partial charge on any atom is 0.234 e. The van der Waals surface area contributed by atoms with E-state index in [4.69, 9.17) is 0 Å². The van der Waals surface area contributed by atoms with Crippen molar-refractivity contribution in [3.8, 4) is 0 Å². The van der Waals surface area contributed by atoms with Crippen LogP contribution in [0.15, 0.2) is 17.5 Å². The third kappa shape index (κ3) is 4.32. The van der Waals surface area contributed by atoms with E-state index in [2.05, 4.69) is 35.9 Å². The third-order valence-electron chi connectivity index (χ3n) is 4.00. The zero-order valence-corrected chi connectivity index (χ0v) is 12.6. The van der Waals surface area contributed by atoms with Gasteiger partial charge in [-0.1, -0.05) is 25.8 Å². The molecule has 0 saturated heterocycles. The minimum atomic E-state index is 0.127. The number of hydrogen-bond donors (Lipinski definition) is 2. The highest BCUT2D eigenvalue weighted by Crippen LogP contribution is 2.23. The van der Waals surface area contributed by atoms with Crippen LogP contribution in [-0.2, 0) is 4.79 Å². The highest BCUT2D eigenvalue weighted by Gasteiger charge is 2.22. The third-order valence-corrected chi connectivity index (χ3v) is 5.05. The number of rotatable bonds is 5. The molecule has 4 heteroatoms. The molecule has 2 rings (SSSR count). The fourth-order valence-electron chi connectivity index (χ4n) is 2.67. The molecule has 0 bridgehead atoms. The smallest absolute Gasteiger partial charge is 0.234 e. The molecule has 106 valence electrons. The lowest BCUT2D eigenvalue weighted by Crippen LogP contribution is -2.44. The van der Waals surface area contributed by atoms with E-state index in [-0.39, 0.29) is 11.9 Å². The predicted octanol–water partition coefficient (Wildman–Crippen LogP) is 3.09. The average molecular weight is 280 g/mol. The van der Waals surface area contributed by atoms with Crippen LogP contribution < -0.4 is 10.6 Å². The molecule has 2 N–H and O–H groups in total. The van der Waals surface area contributed by atoms with Gasteiger partial charge in [-0.15, -0.1) is 11.3 Å². The minimum Gasteiger partial charge on any atom is -0.352 e. The van der Waals surface area contributed by atoms with Crippen LogP contribution in [0.25, 0.3) is 0 Å². The number of carbonyl (C=O) groups is 1. The summed E-state index contributed by atoms with van der Waals surface area (Å²) in [5, 5.41) is 8.53. The zero-order chi connectivity index (χ0) is 13.7. The van der Waals surface area contributed by atoms with Crippen LogP contribution in [0.4, 0.5) is 0 Å². The molecule has 0 radical (unpaired) electrons. The molecule has 1 amide bonds. The summed E-state index contributed by atoms with van der Waals surface area (Å²) in [5.41, 5.74) is 0. The van der Waals surface area contributed by atoms with Crippen molar-refractivity contribution < 1.29 is 4.79 Å². The van der Waals surface area contributed by atoms with Gasteiger partial charge < -0.3 is 10.6 Å². The van der Waals surface area contributed by atoms with Crippen molar-refractivity contribution >= 4 is 17.2 Å². The lowest BCUT2D eigenvalue weighted by molar-refractivity contribution is -0.121. The first-order valence-corrected chi connectivity index (χ1v) is 8.11. The van der Waals surface area contributed by atoms with E-state index in [0.717, 1.165) is 6.42 Å². The second-order valence-electron chi connectivity index (χ2n) is 5.55. The first-order valence-electron chi connectivity index (χ1n) is 7.23. The Morgan fingerprint density at radius 1 is 1.47 bits per heavy atom. The maximum absolute atomic E-state index is 12.0. The van der Waals surface area contributed by atoms with Gasteiger partial charge in [0.1, 0.15) is 0 Å². The normalized spacial score (nSPS) is 24.9. The van der Waals surface area contributed by atoms with Crippen molar-refractivity contribution in [1.82, 2.24) is 10.6 Å². The molecule has 0 spiro atoms. The minimum absolute atomic E-state index is 0.127. The van der Waals surface area contributed by atoms with E-state index >= 15 is 0 Å². The van der Waals surface area contributed by atoms with Gasteiger partial charge in [-0.05, 0) is 37.1 Å². The monoisotopic (exact) mass is 280 g/mol. The zero-order valence-electron chi connectivity index (χ0n) is 11.8. The van der Waals surface area contributed by atoms with Gasteiger partial charge in [0, 0.05) is 17.0 Å². The fourth-order valence-corrected chi connectivity index (χ4v) is 3.43. The topological polar surface area (TPSA) is 41.1 Å². The molecule has 0 aromatic carbocycles. The van der Waals surface area contributed by atoms with Crippen molar-refractivity contribution in [2.45, 2.75) is 51.6 Å². The Labute approximate surface area is 119 Å². The number of thiophene rings is 1. The standard InChI is InChI=1S/C15H24N2OS/c1-11-6-3-4-7-13(11)17-15(18)10-16-12(2)14-8-5-9-19-14/h5,8-9,11-13,16H,3-4,6-7,10H2,1-2H3,(H,17,18)/t11-,12+,13-/m1/s1. The van der Waals surface area contributed by atoms with E-state index in [0.29, 0.717) is 18.5 Å². The molecule has 1 heterocycles. The van der Waals surface area contributed by atoms with Crippen molar-refractivity contribution in [2.75, 3.05) is 6.54 Å². The summed E-state index contributed by atoms with van der Waals surface area (Å²) in [6.07, 6.45) is 4.92. The van der Waals surface area contributed by atoms with Crippen LogP contribution in [0, 0.1) is 5.92 Å². The second-order valence-corrected chi connectivity index (χ2v) is 6.53. The Bertz CT molecular complexity index is 391. The molecule has 3 atom stereocenters. The van der Waals surface area contributed by atoms with E-state index < -0.39 is 0 Å². The summed E-state index contributed by atoms with van der Waals surface area (Å²) in [6.45, 7) is 4.75. The van der Waals surface area contributed by atoms with E-state index in [1.54, 1.807) is 11.3 Å². The summed E-state index contributed by atoms with van der Waals surface area (Å²) < 4.78 is 0. The van der Waals surface area contributed by atoms with Gasteiger partial charge in [-0.25, -0.2) is 0 Å². The van der Waals surface area contributed by atoms with Crippen LogP contribution in [-0.4, -0.2) is 18.5 Å². The lowest BCUT2D eigenvalue weighted by Gasteiger charge is -2.29. The molecule has 1 saturated carbocycles. The molecule has 1 aromatic rings. The molecule has 1 aliphatic carbocycles. The molecule has 3 nitrogen and oxygen atoms in total. The van der Waals surface area contributed by atoms with Gasteiger partial charge in [0.05, 0.1) is 6.54 Å². The Kier molecular flexibility index (Phi) is 5.40. The van der Waals surface area contributed by atoms with Crippen molar-refractivity contribution in [2.24, 2.45) is 5.92 Å². The first-order chi connectivity index (χ1) is 9.16. The van der Waals surface area contributed by atoms with Crippen molar-refractivity contribution in [1.29, 1.82) is 0 Å². The van der Waals surface area contributed by atoms with Gasteiger partial charge >= 0.3 is 0 Å². The Morgan fingerprint density at radius 3 is 2.95 bits per heavy atom. The van der Waals surface area contributed by atoms with Gasteiger partial charge in [0.25, 0.3) is 0 Å². The average Bonchev–Trinajstić information content (AvgIpc) is 2.93. The molecular formula is C15H24N2OS. The number of carbonyl (C=O) groups excluding carboxylic acids is 1. The van der Waals surface area contributed by atoms with Gasteiger partial charge in [0.2, 0.25) is 5.91 Å². The van der Waals surface area contributed by atoms with Crippen molar-refractivity contribution in [3.05, 3.63) is 22.4 Å². The Morgan fingerprint density at radius 2 is 2.26 bits per heavy atom.